The van der Waals surface area contributed by atoms with Crippen LogP contribution in [-0.4, -0.2) is 23.0 Å². The molecule has 3 heteroatoms. The molecular weight excluding hydrogens is 216 g/mol. The van der Waals surface area contributed by atoms with Crippen LogP contribution in [0.4, 0.5) is 0 Å². The minimum absolute atomic E-state index is 0.603. The normalized spacial score (nSPS) is 20.6. The van der Waals surface area contributed by atoms with Crippen molar-refractivity contribution in [3.05, 3.63) is 0 Å². The molecule has 0 saturated carbocycles. The molecule has 0 saturated heterocycles. The van der Waals surface area contributed by atoms with Gasteiger partial charge < -0.3 is 5.32 Å². The third-order valence-corrected chi connectivity index (χ3v) is 4.87. The Kier molecular flexibility index (Phi) is 6.25. The van der Waals surface area contributed by atoms with E-state index in [1.165, 1.54) is 30.9 Å². The van der Waals surface area contributed by atoms with Gasteiger partial charge in [0.25, 0.3) is 0 Å². The van der Waals surface area contributed by atoms with Gasteiger partial charge in [0.15, 0.2) is 5.17 Å². The molecule has 0 aromatic carbocycles. The summed E-state index contributed by atoms with van der Waals surface area (Å²) in [5, 5.41) is 5.46. The first-order valence-electron chi connectivity index (χ1n) is 6.72. The molecular formula is C13H26N2S. The van der Waals surface area contributed by atoms with Crippen molar-refractivity contribution in [2.75, 3.05) is 6.54 Å². The average molecular weight is 242 g/mol. The molecule has 0 spiro atoms. The number of nitrogens with zero attached hydrogens (tertiary/aromatic N) is 1. The summed E-state index contributed by atoms with van der Waals surface area (Å²) in [4.78, 5) is 4.64. The first kappa shape index (κ1) is 13.9. The zero-order valence-electron chi connectivity index (χ0n) is 11.1. The minimum atomic E-state index is 0.603. The number of rotatable bonds is 6. The second kappa shape index (κ2) is 7.21. The zero-order valence-corrected chi connectivity index (χ0v) is 11.9. The van der Waals surface area contributed by atoms with Gasteiger partial charge in [-0.1, -0.05) is 52.3 Å². The summed E-state index contributed by atoms with van der Waals surface area (Å²) in [5.74, 6) is 0.828. The quantitative estimate of drug-likeness (QED) is 0.768. The molecule has 0 amide bonds. The van der Waals surface area contributed by atoms with Crippen LogP contribution in [0, 0.1) is 5.92 Å². The highest BCUT2D eigenvalue weighted by atomic mass is 32.2. The molecule has 1 heterocycles. The molecule has 0 aromatic heterocycles. The van der Waals surface area contributed by atoms with Crippen molar-refractivity contribution in [2.45, 2.75) is 64.7 Å². The van der Waals surface area contributed by atoms with E-state index in [9.17, 15) is 0 Å². The molecule has 2 nitrogen and oxygen atoms in total. The molecule has 0 fully saturated rings. The predicted molar refractivity (Wildman–Crippen MR) is 75.3 cm³/mol. The monoisotopic (exact) mass is 242 g/mol. The fraction of sp³-hybridized carbons (Fsp3) is 0.923. The van der Waals surface area contributed by atoms with E-state index in [2.05, 4.69) is 38.0 Å². The van der Waals surface area contributed by atoms with Crippen molar-refractivity contribution in [3.8, 4) is 0 Å². The Morgan fingerprint density at radius 3 is 2.31 bits per heavy atom. The lowest BCUT2D eigenvalue weighted by atomic mass is 9.99. The van der Waals surface area contributed by atoms with Crippen molar-refractivity contribution in [2.24, 2.45) is 10.9 Å². The van der Waals surface area contributed by atoms with Gasteiger partial charge >= 0.3 is 0 Å². The van der Waals surface area contributed by atoms with Crippen LogP contribution in [0.2, 0.25) is 0 Å². The lowest BCUT2D eigenvalue weighted by Gasteiger charge is -2.20. The van der Waals surface area contributed by atoms with Crippen LogP contribution < -0.4 is 5.32 Å². The van der Waals surface area contributed by atoms with Crippen molar-refractivity contribution >= 4 is 16.9 Å². The molecule has 1 N–H and O–H groups in total. The van der Waals surface area contributed by atoms with Gasteiger partial charge in [0, 0.05) is 11.3 Å². The molecule has 0 radical (unpaired) electrons. The van der Waals surface area contributed by atoms with E-state index in [0.29, 0.717) is 11.3 Å². The Labute approximate surface area is 105 Å². The van der Waals surface area contributed by atoms with E-state index in [1.54, 1.807) is 0 Å². The van der Waals surface area contributed by atoms with Gasteiger partial charge in [-0.3, -0.25) is 4.99 Å². The van der Waals surface area contributed by atoms with Gasteiger partial charge in [0.05, 0.1) is 6.54 Å². The molecule has 16 heavy (non-hydrogen) atoms. The molecule has 1 unspecified atom stereocenters. The summed E-state index contributed by atoms with van der Waals surface area (Å²) >= 11 is 1.97. The Hall–Kier alpha value is -0.180. The molecule has 1 aliphatic rings. The Balaban J connectivity index is 2.38. The van der Waals surface area contributed by atoms with E-state index < -0.39 is 0 Å². The van der Waals surface area contributed by atoms with Crippen molar-refractivity contribution in [1.29, 1.82) is 0 Å². The number of hydrogen-bond acceptors (Lipinski definition) is 3. The van der Waals surface area contributed by atoms with Gasteiger partial charge in [-0.05, 0) is 18.8 Å². The highest BCUT2D eigenvalue weighted by Gasteiger charge is 2.26. The number of aliphatic imine (C=N–C) groups is 1. The topological polar surface area (TPSA) is 24.4 Å². The van der Waals surface area contributed by atoms with Gasteiger partial charge in [-0.15, -0.1) is 0 Å². The fourth-order valence-electron chi connectivity index (χ4n) is 2.20. The second-order valence-electron chi connectivity index (χ2n) is 4.54. The summed E-state index contributed by atoms with van der Waals surface area (Å²) in [6.45, 7) is 10.1. The van der Waals surface area contributed by atoms with Crippen LogP contribution in [0.3, 0.4) is 0 Å². The van der Waals surface area contributed by atoms with Crippen LogP contribution in [0.25, 0.3) is 0 Å². The third-order valence-electron chi connectivity index (χ3n) is 3.57. The van der Waals surface area contributed by atoms with Crippen molar-refractivity contribution in [3.63, 3.8) is 0 Å². The standard InChI is InChI=1S/C13H26N2S/c1-5-10(6-2)12-9-14-13(16-12)15-11(7-3)8-4/h10-12H,5-9H2,1-4H3,(H,14,15). The first-order valence-corrected chi connectivity index (χ1v) is 7.60. The second-order valence-corrected chi connectivity index (χ2v) is 5.76. The minimum Gasteiger partial charge on any atom is -0.362 e. The Morgan fingerprint density at radius 2 is 1.81 bits per heavy atom. The fourth-order valence-corrected chi connectivity index (χ4v) is 3.59. The predicted octanol–water partition coefficient (Wildman–Crippen LogP) is 3.67. The highest BCUT2D eigenvalue weighted by molar-refractivity contribution is 8.14. The maximum atomic E-state index is 4.64. The van der Waals surface area contributed by atoms with Crippen molar-refractivity contribution in [1.82, 2.24) is 5.32 Å². The molecule has 1 atom stereocenters. The summed E-state index contributed by atoms with van der Waals surface area (Å²) in [7, 11) is 0. The molecule has 1 rings (SSSR count). The summed E-state index contributed by atoms with van der Waals surface area (Å²) < 4.78 is 0. The molecule has 1 aliphatic heterocycles. The first-order chi connectivity index (χ1) is 7.74. The molecule has 0 aromatic rings. The third kappa shape index (κ3) is 3.69. The number of hydrogen-bond donors (Lipinski definition) is 1. The van der Waals surface area contributed by atoms with Gasteiger partial charge in [-0.2, -0.15) is 0 Å². The maximum absolute atomic E-state index is 4.64. The Bertz CT molecular complexity index is 220. The number of nitrogens with one attached hydrogen (secondary N) is 1. The lowest BCUT2D eigenvalue weighted by Crippen LogP contribution is -2.31. The van der Waals surface area contributed by atoms with E-state index in [0.717, 1.165) is 12.5 Å². The summed E-state index contributed by atoms with van der Waals surface area (Å²) in [6, 6.07) is 0.603. The molecule has 94 valence electrons. The average Bonchev–Trinajstić information content (AvgIpc) is 2.76. The summed E-state index contributed by atoms with van der Waals surface area (Å²) in [5.41, 5.74) is 0. The number of amidine groups is 1. The highest BCUT2D eigenvalue weighted by Crippen LogP contribution is 2.30. The largest absolute Gasteiger partial charge is 0.362 e. The van der Waals surface area contributed by atoms with E-state index in [-0.39, 0.29) is 0 Å². The van der Waals surface area contributed by atoms with E-state index in [4.69, 9.17) is 0 Å². The van der Waals surface area contributed by atoms with E-state index >= 15 is 0 Å². The summed E-state index contributed by atoms with van der Waals surface area (Å²) in [6.07, 6.45) is 4.93. The maximum Gasteiger partial charge on any atom is 0.157 e. The van der Waals surface area contributed by atoms with Gasteiger partial charge in [0.1, 0.15) is 0 Å². The number of thioether (sulfide) groups is 1. The van der Waals surface area contributed by atoms with Gasteiger partial charge in [-0.25, -0.2) is 0 Å². The SMILES string of the molecule is CCC(CC)NC1=NCC(C(CC)CC)S1. The smallest absolute Gasteiger partial charge is 0.157 e. The van der Waals surface area contributed by atoms with Crippen LogP contribution in [0.1, 0.15) is 53.4 Å². The molecule has 0 aliphatic carbocycles. The van der Waals surface area contributed by atoms with Crippen LogP contribution in [-0.2, 0) is 0 Å². The van der Waals surface area contributed by atoms with Crippen LogP contribution >= 0.6 is 11.8 Å². The molecule has 0 bridgehead atoms. The Morgan fingerprint density at radius 1 is 1.19 bits per heavy atom. The lowest BCUT2D eigenvalue weighted by molar-refractivity contribution is 0.479. The van der Waals surface area contributed by atoms with Crippen molar-refractivity contribution < 1.29 is 0 Å². The van der Waals surface area contributed by atoms with E-state index in [1.807, 2.05) is 11.8 Å². The van der Waals surface area contributed by atoms with Crippen LogP contribution in [0.5, 0.6) is 0 Å². The zero-order chi connectivity index (χ0) is 12.0. The van der Waals surface area contributed by atoms with Gasteiger partial charge in [0.2, 0.25) is 0 Å². The van der Waals surface area contributed by atoms with Crippen LogP contribution in [0.15, 0.2) is 4.99 Å².